The summed E-state index contributed by atoms with van der Waals surface area (Å²) in [5.74, 6) is 0. The number of aryl methyl sites for hydroxylation is 2. The molecule has 0 saturated heterocycles. The van der Waals surface area contributed by atoms with Gasteiger partial charge in [-0.15, -0.1) is 0 Å². The molecule has 0 bridgehead atoms. The molecule has 0 fully saturated rings. The maximum absolute atomic E-state index is 4.10. The molecule has 1 rings (SSSR count). The van der Waals surface area contributed by atoms with E-state index >= 15 is 0 Å². The van der Waals surface area contributed by atoms with Gasteiger partial charge in [0.05, 0.1) is 0 Å². The van der Waals surface area contributed by atoms with Gasteiger partial charge < -0.3 is 0 Å². The van der Waals surface area contributed by atoms with Gasteiger partial charge in [-0.1, -0.05) is 0 Å². The second-order valence-corrected chi connectivity index (χ2v) is 2.83. The Labute approximate surface area is 74.5 Å². The third kappa shape index (κ3) is 1.87. The normalized spacial score (nSPS) is 8.91. The number of hydrogen-bond donors (Lipinski definition) is 0. The number of nitrogens with zero attached hydrogens (tertiary/aromatic N) is 1. The minimum absolute atomic E-state index is 1.02. The monoisotopic (exact) mass is 211 g/mol. The van der Waals surface area contributed by atoms with Crippen molar-refractivity contribution in [3.8, 4) is 0 Å². The molecule has 1 aromatic rings. The first-order chi connectivity index (χ1) is 5.25. The third-order valence-corrected chi connectivity index (χ3v) is 1.79. The van der Waals surface area contributed by atoms with E-state index in [0.29, 0.717) is 0 Å². The van der Waals surface area contributed by atoms with Crippen LogP contribution in [0.3, 0.4) is 0 Å². The molecule has 0 atom stereocenters. The van der Waals surface area contributed by atoms with Crippen molar-refractivity contribution in [3.63, 3.8) is 0 Å². The molecule has 2 heteroatoms. The fourth-order valence-electron chi connectivity index (χ4n) is 1.03. The first-order valence-corrected chi connectivity index (χ1v) is 4.25. The summed E-state index contributed by atoms with van der Waals surface area (Å²) < 4.78 is 2.67. The Morgan fingerprint density at radius 1 is 1.27 bits per heavy atom. The van der Waals surface area contributed by atoms with Crippen LogP contribution in [-0.4, -0.2) is 20.3 Å². The van der Waals surface area contributed by atoms with Crippen molar-refractivity contribution in [2.45, 2.75) is 13.8 Å². The van der Waals surface area contributed by atoms with Gasteiger partial charge in [-0.3, -0.25) is 0 Å². The van der Waals surface area contributed by atoms with E-state index in [0.717, 1.165) is 5.69 Å². The van der Waals surface area contributed by atoms with E-state index in [-0.39, 0.29) is 0 Å². The van der Waals surface area contributed by atoms with Gasteiger partial charge in [-0.25, -0.2) is 0 Å². The van der Waals surface area contributed by atoms with Crippen LogP contribution in [0.1, 0.15) is 11.1 Å². The van der Waals surface area contributed by atoms with Crippen LogP contribution in [0.4, 0.5) is 5.69 Å². The Balaban J connectivity index is 3.31. The molecule has 1 aromatic carbocycles. The zero-order valence-corrected chi connectivity index (χ0v) is 8.30. The quantitative estimate of drug-likeness (QED) is 0.496. The summed E-state index contributed by atoms with van der Waals surface area (Å²) in [5, 5.41) is 0. The van der Waals surface area contributed by atoms with Crippen molar-refractivity contribution >= 4 is 26.0 Å². The molecule has 0 amide bonds. The Kier molecular flexibility index (Phi) is 2.78. The van der Waals surface area contributed by atoms with Crippen LogP contribution in [0.25, 0.3) is 0 Å². The Bertz CT molecular complexity index is 291. The summed E-state index contributed by atoms with van der Waals surface area (Å²) in [4.78, 5) is 4.10. The summed E-state index contributed by atoms with van der Waals surface area (Å²) in [5.41, 5.74) is 3.40. The maximum atomic E-state index is 4.10. The summed E-state index contributed by atoms with van der Waals surface area (Å²) in [7, 11) is 0. The molecular formula is C9H9NSe. The van der Waals surface area contributed by atoms with Gasteiger partial charge in [-0.05, 0) is 0 Å². The van der Waals surface area contributed by atoms with E-state index in [1.807, 2.05) is 32.0 Å². The topological polar surface area (TPSA) is 12.4 Å². The van der Waals surface area contributed by atoms with Crippen molar-refractivity contribution in [3.05, 3.63) is 29.3 Å². The summed E-state index contributed by atoms with van der Waals surface area (Å²) in [6.07, 6.45) is 0. The molecular weight excluding hydrogens is 201 g/mol. The van der Waals surface area contributed by atoms with E-state index < -0.39 is 0 Å². The van der Waals surface area contributed by atoms with Crippen molar-refractivity contribution < 1.29 is 0 Å². The number of aliphatic imine (C=N–C) groups is 1. The average molecular weight is 210 g/mol. The molecule has 11 heavy (non-hydrogen) atoms. The van der Waals surface area contributed by atoms with Crippen molar-refractivity contribution in [1.82, 2.24) is 0 Å². The van der Waals surface area contributed by atoms with Gasteiger partial charge in [0.2, 0.25) is 0 Å². The molecule has 1 nitrogen and oxygen atoms in total. The minimum atomic E-state index is 1.02. The van der Waals surface area contributed by atoms with E-state index in [9.17, 15) is 0 Å². The van der Waals surface area contributed by atoms with Crippen LogP contribution in [-0.2, 0) is 0 Å². The first kappa shape index (κ1) is 8.42. The molecule has 56 valence electrons. The van der Waals surface area contributed by atoms with E-state index in [1.54, 1.807) is 0 Å². The first-order valence-electron chi connectivity index (χ1n) is 3.40. The van der Waals surface area contributed by atoms with E-state index in [1.165, 1.54) is 11.1 Å². The van der Waals surface area contributed by atoms with Gasteiger partial charge >= 0.3 is 74.1 Å². The summed E-state index contributed by atoms with van der Waals surface area (Å²) in [6, 6.07) is 6.12. The fraction of sp³-hybridized carbons (Fsp3) is 0.222. The van der Waals surface area contributed by atoms with Gasteiger partial charge in [0.1, 0.15) is 0 Å². The molecule has 0 heterocycles. The van der Waals surface area contributed by atoms with E-state index in [4.69, 9.17) is 0 Å². The third-order valence-electron chi connectivity index (χ3n) is 1.60. The van der Waals surface area contributed by atoms with E-state index in [2.05, 4.69) is 25.3 Å². The second-order valence-electron chi connectivity index (χ2n) is 2.44. The number of benzene rings is 1. The number of para-hydroxylation sites is 1. The molecule has 0 saturated carbocycles. The predicted octanol–water partition coefficient (Wildman–Crippen LogP) is 2.01. The van der Waals surface area contributed by atoms with Crippen molar-refractivity contribution in [1.29, 1.82) is 0 Å². The summed E-state index contributed by atoms with van der Waals surface area (Å²) >= 11 is 2.63. The zero-order chi connectivity index (χ0) is 8.27. The van der Waals surface area contributed by atoms with Crippen molar-refractivity contribution in [2.24, 2.45) is 4.99 Å². The molecule has 0 aliphatic heterocycles. The van der Waals surface area contributed by atoms with Crippen LogP contribution in [0.2, 0.25) is 0 Å². The Hall–Kier alpha value is -0.681. The van der Waals surface area contributed by atoms with Gasteiger partial charge in [0.25, 0.3) is 0 Å². The molecule has 0 N–H and O–H groups in total. The number of rotatable bonds is 1. The van der Waals surface area contributed by atoms with Gasteiger partial charge in [0, 0.05) is 0 Å². The molecule has 0 unspecified atom stereocenters. The van der Waals surface area contributed by atoms with Gasteiger partial charge in [0.15, 0.2) is 0 Å². The Morgan fingerprint density at radius 3 is 2.27 bits per heavy atom. The van der Waals surface area contributed by atoms with Crippen molar-refractivity contribution in [2.75, 3.05) is 0 Å². The fourth-order valence-corrected chi connectivity index (χ4v) is 1.22. The molecule has 0 spiro atoms. The predicted molar refractivity (Wildman–Crippen MR) is 48.8 cm³/mol. The van der Waals surface area contributed by atoms with Crippen LogP contribution in [0, 0.1) is 13.8 Å². The second kappa shape index (κ2) is 3.64. The molecule has 0 aromatic heterocycles. The van der Waals surface area contributed by atoms with Crippen LogP contribution in [0.5, 0.6) is 0 Å². The SMILES string of the molecule is Cc1cccc(C)c1N=C=[Se]. The van der Waals surface area contributed by atoms with Crippen LogP contribution in [0.15, 0.2) is 23.2 Å². The standard InChI is InChI=1S/C9H9NSe/c1-7-4-3-5-8(2)9(7)10-6-11/h3-5H,1-2H3. The molecule has 0 radical (unpaired) electrons. The number of hydrogen-bond acceptors (Lipinski definition) is 1. The van der Waals surface area contributed by atoms with Crippen LogP contribution >= 0.6 is 0 Å². The van der Waals surface area contributed by atoms with Gasteiger partial charge in [-0.2, -0.15) is 0 Å². The molecule has 0 aliphatic carbocycles. The zero-order valence-electron chi connectivity index (χ0n) is 6.59. The molecule has 0 aliphatic rings. The summed E-state index contributed by atoms with van der Waals surface area (Å²) in [6.45, 7) is 4.09. The Morgan fingerprint density at radius 2 is 1.82 bits per heavy atom. The van der Waals surface area contributed by atoms with Crippen LogP contribution < -0.4 is 0 Å². The average Bonchev–Trinajstić information content (AvgIpc) is 1.97.